The van der Waals surface area contributed by atoms with Crippen molar-refractivity contribution in [1.82, 2.24) is 4.90 Å². The van der Waals surface area contributed by atoms with Crippen LogP contribution >= 0.6 is 0 Å². The molecule has 296 valence electrons. The van der Waals surface area contributed by atoms with Crippen molar-refractivity contribution < 1.29 is 28.6 Å². The molecule has 0 aromatic carbocycles. The average molecular weight is 718 g/mol. The van der Waals surface area contributed by atoms with Gasteiger partial charge in [-0.3, -0.25) is 14.4 Å². The van der Waals surface area contributed by atoms with E-state index in [-0.39, 0.29) is 24.0 Å². The number of esters is 3. The van der Waals surface area contributed by atoms with Crippen LogP contribution in [0.2, 0.25) is 0 Å². The van der Waals surface area contributed by atoms with Crippen LogP contribution in [-0.4, -0.2) is 62.8 Å². The zero-order valence-corrected chi connectivity index (χ0v) is 33.7. The summed E-state index contributed by atoms with van der Waals surface area (Å²) >= 11 is 0. The molecular weight excluding hydrogens is 638 g/mol. The second-order valence-corrected chi connectivity index (χ2v) is 15.4. The van der Waals surface area contributed by atoms with Crippen molar-refractivity contribution in [2.75, 3.05) is 33.9 Å². The fourth-order valence-corrected chi connectivity index (χ4v) is 6.91. The normalized spacial score (nSPS) is 16.0. The number of hydrogen-bond acceptors (Lipinski definition) is 7. The lowest BCUT2D eigenvalue weighted by Gasteiger charge is -2.36. The largest absolute Gasteiger partial charge is 0.465 e. The predicted molar refractivity (Wildman–Crippen MR) is 212 cm³/mol. The molecule has 0 unspecified atom stereocenters. The zero-order valence-electron chi connectivity index (χ0n) is 33.7. The van der Waals surface area contributed by atoms with Gasteiger partial charge in [0, 0.05) is 13.0 Å². The highest BCUT2D eigenvalue weighted by molar-refractivity contribution is 5.71. The van der Waals surface area contributed by atoms with Crippen LogP contribution in [0, 0.1) is 11.8 Å². The van der Waals surface area contributed by atoms with Crippen LogP contribution in [0.5, 0.6) is 0 Å². The lowest BCUT2D eigenvalue weighted by atomic mass is 9.73. The Morgan fingerprint density at radius 2 is 1.02 bits per heavy atom. The minimum Gasteiger partial charge on any atom is -0.465 e. The number of rotatable bonds is 35. The van der Waals surface area contributed by atoms with Crippen molar-refractivity contribution in [1.29, 1.82) is 0 Å². The van der Waals surface area contributed by atoms with Crippen molar-refractivity contribution in [3.05, 3.63) is 24.3 Å². The Labute approximate surface area is 314 Å². The Kier molecular flexibility index (Phi) is 30.9. The van der Waals surface area contributed by atoms with Crippen molar-refractivity contribution in [3.63, 3.8) is 0 Å². The number of nitrogens with zero attached hydrogens (tertiary/aromatic N) is 1. The van der Waals surface area contributed by atoms with Crippen LogP contribution < -0.4 is 0 Å². The van der Waals surface area contributed by atoms with Gasteiger partial charge in [-0.15, -0.1) is 0 Å². The van der Waals surface area contributed by atoms with Gasteiger partial charge in [-0.25, -0.2) is 0 Å². The topological polar surface area (TPSA) is 82.1 Å². The van der Waals surface area contributed by atoms with Gasteiger partial charge in [-0.1, -0.05) is 115 Å². The highest BCUT2D eigenvalue weighted by Crippen LogP contribution is 2.36. The summed E-state index contributed by atoms with van der Waals surface area (Å²) in [5, 5.41) is 0. The quantitative estimate of drug-likeness (QED) is 0.0279. The number of ether oxygens (including phenoxy) is 3. The summed E-state index contributed by atoms with van der Waals surface area (Å²) in [4.78, 5) is 38.6. The van der Waals surface area contributed by atoms with Crippen LogP contribution in [0.4, 0.5) is 0 Å². The fraction of sp³-hybridized carbons (Fsp3) is 0.841. The maximum Gasteiger partial charge on any atom is 0.309 e. The Balaban J connectivity index is 2.21. The molecule has 0 spiro atoms. The molecular formula is C44H79NO6. The van der Waals surface area contributed by atoms with Gasteiger partial charge >= 0.3 is 17.9 Å². The Morgan fingerprint density at radius 3 is 1.47 bits per heavy atom. The van der Waals surface area contributed by atoms with E-state index in [1.165, 1.54) is 51.4 Å². The summed E-state index contributed by atoms with van der Waals surface area (Å²) in [6, 6.07) is 0. The van der Waals surface area contributed by atoms with Crippen LogP contribution in [0.1, 0.15) is 187 Å². The molecule has 7 nitrogen and oxygen atoms in total. The van der Waals surface area contributed by atoms with Gasteiger partial charge in [0.25, 0.3) is 0 Å². The van der Waals surface area contributed by atoms with Crippen molar-refractivity contribution in [2.24, 2.45) is 11.8 Å². The molecule has 0 aromatic rings. The number of unbranched alkanes of at least 4 members (excludes halogenated alkanes) is 16. The minimum absolute atomic E-state index is 0.0175. The average Bonchev–Trinajstić information content (AvgIpc) is 3.08. The van der Waals surface area contributed by atoms with E-state index < -0.39 is 0 Å². The summed E-state index contributed by atoms with van der Waals surface area (Å²) in [5.41, 5.74) is 0. The number of hydrogen-bond donors (Lipinski definition) is 0. The summed E-state index contributed by atoms with van der Waals surface area (Å²) in [7, 11) is 4.25. The highest BCUT2D eigenvalue weighted by Gasteiger charge is 2.31. The van der Waals surface area contributed by atoms with Gasteiger partial charge in [-0.05, 0) is 103 Å². The second kappa shape index (κ2) is 33.7. The van der Waals surface area contributed by atoms with Crippen LogP contribution in [0.15, 0.2) is 24.3 Å². The molecule has 7 heteroatoms. The van der Waals surface area contributed by atoms with E-state index in [4.69, 9.17) is 14.2 Å². The van der Waals surface area contributed by atoms with Crippen molar-refractivity contribution in [2.45, 2.75) is 193 Å². The van der Waals surface area contributed by atoms with E-state index in [1.807, 2.05) is 12.2 Å². The van der Waals surface area contributed by atoms with Gasteiger partial charge in [0.15, 0.2) is 0 Å². The Bertz CT molecular complexity index is 857. The summed E-state index contributed by atoms with van der Waals surface area (Å²) in [5.74, 6) is 1.02. The van der Waals surface area contributed by atoms with E-state index in [9.17, 15) is 14.4 Å². The molecule has 51 heavy (non-hydrogen) atoms. The second-order valence-electron chi connectivity index (χ2n) is 15.4. The molecule has 0 radical (unpaired) electrons. The summed E-state index contributed by atoms with van der Waals surface area (Å²) in [6.45, 7) is 6.50. The molecule has 0 aliphatic heterocycles. The van der Waals surface area contributed by atoms with E-state index in [2.05, 4.69) is 45.0 Å². The fourth-order valence-electron chi connectivity index (χ4n) is 6.91. The monoisotopic (exact) mass is 718 g/mol. The molecule has 0 bridgehead atoms. The Morgan fingerprint density at radius 1 is 0.569 bits per heavy atom. The minimum atomic E-state index is -0.117. The highest BCUT2D eigenvalue weighted by atomic mass is 16.5. The standard InChI is InChI=1S/C44H79NO6/c1-5-7-27-33-49-42(46)31-25-21-17-13-9-11-15-19-23-29-41(51-44(48)37-39-35-40(36-39)38-45(3)4)30-24-20-16-12-10-14-18-22-26-32-43(47)50-34-28-8-6-2/h21-22,25-26,39-41H,5-20,23-24,27-38H2,1-4H3/b25-21-,26-22-. The predicted octanol–water partition coefficient (Wildman–Crippen LogP) is 11.5. The first-order valence-corrected chi connectivity index (χ1v) is 21.3. The molecule has 1 aliphatic rings. The third kappa shape index (κ3) is 30.1. The third-order valence-corrected chi connectivity index (χ3v) is 9.93. The maximum atomic E-state index is 12.9. The van der Waals surface area contributed by atoms with E-state index >= 15 is 0 Å². The molecule has 0 aromatic heterocycles. The molecule has 0 amide bonds. The van der Waals surface area contributed by atoms with Gasteiger partial charge in [0.05, 0.1) is 26.1 Å². The summed E-state index contributed by atoms with van der Waals surface area (Å²) in [6.07, 6.45) is 36.6. The molecule has 0 atom stereocenters. The van der Waals surface area contributed by atoms with E-state index in [0.29, 0.717) is 38.4 Å². The number of carbonyl (C=O) groups excluding carboxylic acids is 3. The molecule has 1 aliphatic carbocycles. The van der Waals surface area contributed by atoms with E-state index in [0.717, 1.165) is 115 Å². The van der Waals surface area contributed by atoms with Crippen molar-refractivity contribution in [3.8, 4) is 0 Å². The third-order valence-electron chi connectivity index (χ3n) is 9.93. The maximum absolute atomic E-state index is 12.9. The first kappa shape index (κ1) is 46.9. The first-order valence-electron chi connectivity index (χ1n) is 21.3. The molecule has 0 saturated heterocycles. The van der Waals surface area contributed by atoms with Gasteiger partial charge in [0.2, 0.25) is 0 Å². The smallest absolute Gasteiger partial charge is 0.309 e. The molecule has 1 saturated carbocycles. The van der Waals surface area contributed by atoms with Gasteiger partial charge in [-0.2, -0.15) is 0 Å². The SMILES string of the molecule is CCCCCOC(=O)C/C=C\CCCCCCCCC(CCCCCCCC/C=C\CC(=O)OCCCCC)OC(=O)CC1CC(CN(C)C)C1. The zero-order chi connectivity index (χ0) is 37.2. The number of allylic oxidation sites excluding steroid dienone is 2. The van der Waals surface area contributed by atoms with Crippen LogP contribution in [-0.2, 0) is 28.6 Å². The molecule has 1 fully saturated rings. The Hall–Kier alpha value is -2.15. The molecule has 0 N–H and O–H groups in total. The first-order chi connectivity index (χ1) is 24.8. The lowest BCUT2D eigenvalue weighted by Crippen LogP contribution is -2.34. The lowest BCUT2D eigenvalue weighted by molar-refractivity contribution is -0.152. The van der Waals surface area contributed by atoms with Crippen LogP contribution in [0.25, 0.3) is 0 Å². The van der Waals surface area contributed by atoms with Crippen molar-refractivity contribution >= 4 is 17.9 Å². The van der Waals surface area contributed by atoms with Gasteiger partial charge in [0.1, 0.15) is 6.10 Å². The summed E-state index contributed by atoms with van der Waals surface area (Å²) < 4.78 is 16.6. The number of carbonyl (C=O) groups is 3. The van der Waals surface area contributed by atoms with E-state index in [1.54, 1.807) is 0 Å². The molecule has 0 heterocycles. The van der Waals surface area contributed by atoms with Gasteiger partial charge < -0.3 is 19.1 Å². The molecule has 1 rings (SSSR count). The van der Waals surface area contributed by atoms with Crippen LogP contribution in [0.3, 0.4) is 0 Å².